The molecule has 7 heteroatoms. The molecule has 0 aliphatic heterocycles. The van der Waals surface area contributed by atoms with Crippen molar-refractivity contribution < 1.29 is 9.53 Å². The monoisotopic (exact) mass is 368 g/mol. The van der Waals surface area contributed by atoms with Crippen molar-refractivity contribution in [2.24, 2.45) is 5.92 Å². The Morgan fingerprint density at radius 1 is 1.35 bits per heavy atom. The molecule has 0 saturated heterocycles. The summed E-state index contributed by atoms with van der Waals surface area (Å²) in [6.45, 7) is 2.25. The Labute approximate surface area is 155 Å². The molecule has 1 aliphatic rings. The van der Waals surface area contributed by atoms with Crippen molar-refractivity contribution in [3.63, 3.8) is 0 Å². The molecule has 0 saturated carbocycles. The van der Waals surface area contributed by atoms with Crippen LogP contribution in [0.25, 0.3) is 5.69 Å². The van der Waals surface area contributed by atoms with Gasteiger partial charge in [0.25, 0.3) is 5.91 Å². The van der Waals surface area contributed by atoms with Crippen molar-refractivity contribution in [3.8, 4) is 11.4 Å². The molecule has 4 rings (SSSR count). The second kappa shape index (κ2) is 6.92. The van der Waals surface area contributed by atoms with E-state index in [1.807, 2.05) is 30.3 Å². The zero-order chi connectivity index (χ0) is 18.1. The standard InChI is InChI=1S/C19H20N4O2S/c1-12-8-9-14-16(10-12)26-19(20-14)21-18(24)17-15(25-2)11-23(22-17)13-6-4-3-5-7-13/h3-7,11-12H,8-10H2,1-2H3,(H,20,21,24)/t12-/m1/s1. The van der Waals surface area contributed by atoms with Crippen molar-refractivity contribution >= 4 is 22.4 Å². The van der Waals surface area contributed by atoms with E-state index in [0.29, 0.717) is 16.8 Å². The smallest absolute Gasteiger partial charge is 0.281 e. The van der Waals surface area contributed by atoms with Gasteiger partial charge in [-0.2, -0.15) is 5.10 Å². The summed E-state index contributed by atoms with van der Waals surface area (Å²) in [5, 5.41) is 7.91. The second-order valence-corrected chi connectivity index (χ2v) is 7.60. The van der Waals surface area contributed by atoms with Crippen LogP contribution in [0, 0.1) is 5.92 Å². The second-order valence-electron chi connectivity index (χ2n) is 6.52. The fourth-order valence-corrected chi connectivity index (χ4v) is 4.29. The van der Waals surface area contributed by atoms with Gasteiger partial charge >= 0.3 is 0 Å². The highest BCUT2D eigenvalue weighted by Gasteiger charge is 2.23. The first kappa shape index (κ1) is 16.8. The van der Waals surface area contributed by atoms with Crippen LogP contribution in [0.1, 0.15) is 34.4 Å². The molecular weight excluding hydrogens is 348 g/mol. The minimum Gasteiger partial charge on any atom is -0.493 e. The maximum absolute atomic E-state index is 12.7. The maximum atomic E-state index is 12.7. The molecule has 26 heavy (non-hydrogen) atoms. The summed E-state index contributed by atoms with van der Waals surface area (Å²) >= 11 is 1.56. The van der Waals surface area contributed by atoms with Gasteiger partial charge in [0.05, 0.1) is 24.7 Å². The predicted molar refractivity (Wildman–Crippen MR) is 101 cm³/mol. The number of aromatic nitrogens is 3. The first-order valence-corrected chi connectivity index (χ1v) is 9.44. The summed E-state index contributed by atoms with van der Waals surface area (Å²) in [6.07, 6.45) is 4.88. The normalized spacial score (nSPS) is 16.2. The maximum Gasteiger partial charge on any atom is 0.281 e. The number of benzene rings is 1. The van der Waals surface area contributed by atoms with Gasteiger partial charge in [-0.1, -0.05) is 25.1 Å². The van der Waals surface area contributed by atoms with Crippen LogP contribution in [0.15, 0.2) is 36.5 Å². The molecule has 1 amide bonds. The molecule has 3 aromatic rings. The molecule has 0 radical (unpaired) electrons. The highest BCUT2D eigenvalue weighted by molar-refractivity contribution is 7.15. The molecule has 0 bridgehead atoms. The van der Waals surface area contributed by atoms with Crippen molar-refractivity contribution in [3.05, 3.63) is 52.8 Å². The van der Waals surface area contributed by atoms with E-state index >= 15 is 0 Å². The Morgan fingerprint density at radius 3 is 2.92 bits per heavy atom. The van der Waals surface area contributed by atoms with Crippen LogP contribution in [-0.4, -0.2) is 27.8 Å². The number of anilines is 1. The number of hydrogen-bond donors (Lipinski definition) is 1. The molecule has 134 valence electrons. The number of hydrogen-bond acceptors (Lipinski definition) is 5. The predicted octanol–water partition coefficient (Wildman–Crippen LogP) is 3.71. The molecule has 1 aliphatic carbocycles. The van der Waals surface area contributed by atoms with Gasteiger partial charge in [-0.3, -0.25) is 10.1 Å². The van der Waals surface area contributed by atoms with E-state index in [-0.39, 0.29) is 11.6 Å². The largest absolute Gasteiger partial charge is 0.493 e. The molecule has 1 aromatic carbocycles. The van der Waals surface area contributed by atoms with Crippen LogP contribution >= 0.6 is 11.3 Å². The SMILES string of the molecule is COc1cn(-c2ccccc2)nc1C(=O)Nc1nc2c(s1)C[C@H](C)CC2. The topological polar surface area (TPSA) is 69.0 Å². The summed E-state index contributed by atoms with van der Waals surface area (Å²) in [5.41, 5.74) is 2.23. The van der Waals surface area contributed by atoms with Gasteiger partial charge in [-0.25, -0.2) is 9.67 Å². The number of fused-ring (bicyclic) bond motifs is 1. The lowest BCUT2D eigenvalue weighted by atomic mass is 9.93. The van der Waals surface area contributed by atoms with Crippen LogP contribution in [-0.2, 0) is 12.8 Å². The molecule has 2 aromatic heterocycles. The van der Waals surface area contributed by atoms with Crippen molar-refractivity contribution in [2.75, 3.05) is 12.4 Å². The molecule has 1 N–H and O–H groups in total. The molecule has 0 fully saturated rings. The number of methoxy groups -OCH3 is 1. The van der Waals surface area contributed by atoms with E-state index in [0.717, 1.165) is 30.6 Å². The van der Waals surface area contributed by atoms with Gasteiger partial charge in [0.2, 0.25) is 0 Å². The van der Waals surface area contributed by atoms with Crippen LogP contribution in [0.2, 0.25) is 0 Å². The van der Waals surface area contributed by atoms with Crippen molar-refractivity contribution in [2.45, 2.75) is 26.2 Å². The number of rotatable bonds is 4. The van der Waals surface area contributed by atoms with Crippen molar-refractivity contribution in [1.29, 1.82) is 0 Å². The summed E-state index contributed by atoms with van der Waals surface area (Å²) in [4.78, 5) is 18.6. The average molecular weight is 368 g/mol. The zero-order valence-corrected chi connectivity index (χ0v) is 15.5. The van der Waals surface area contributed by atoms with E-state index in [1.165, 1.54) is 12.0 Å². The quantitative estimate of drug-likeness (QED) is 0.762. The number of amides is 1. The Balaban J connectivity index is 1.58. The lowest BCUT2D eigenvalue weighted by molar-refractivity contribution is 0.101. The Morgan fingerprint density at radius 2 is 2.15 bits per heavy atom. The number of aryl methyl sites for hydroxylation is 1. The Hall–Kier alpha value is -2.67. The molecule has 1 atom stereocenters. The van der Waals surface area contributed by atoms with E-state index < -0.39 is 0 Å². The summed E-state index contributed by atoms with van der Waals surface area (Å²) in [6, 6.07) is 9.62. The molecule has 0 unspecified atom stereocenters. The first-order valence-electron chi connectivity index (χ1n) is 8.63. The summed E-state index contributed by atoms with van der Waals surface area (Å²) in [7, 11) is 1.53. The Kier molecular flexibility index (Phi) is 4.46. The minimum atomic E-state index is -0.310. The van der Waals surface area contributed by atoms with E-state index in [1.54, 1.807) is 22.2 Å². The molecule has 6 nitrogen and oxygen atoms in total. The van der Waals surface area contributed by atoms with Crippen LogP contribution < -0.4 is 10.1 Å². The van der Waals surface area contributed by atoms with Gasteiger partial charge in [-0.05, 0) is 37.3 Å². The van der Waals surface area contributed by atoms with Gasteiger partial charge in [0, 0.05) is 4.88 Å². The lowest BCUT2D eigenvalue weighted by Gasteiger charge is -2.15. The van der Waals surface area contributed by atoms with Crippen LogP contribution in [0.4, 0.5) is 5.13 Å². The number of nitrogens with zero attached hydrogens (tertiary/aromatic N) is 3. The third-order valence-corrected chi connectivity index (χ3v) is 5.58. The number of ether oxygens (including phenoxy) is 1. The fraction of sp³-hybridized carbons (Fsp3) is 0.316. The van der Waals surface area contributed by atoms with Crippen LogP contribution in [0.3, 0.4) is 0 Å². The molecule has 2 heterocycles. The summed E-state index contributed by atoms with van der Waals surface area (Å²) < 4.78 is 6.98. The number of thiazole rings is 1. The first-order chi connectivity index (χ1) is 12.6. The highest BCUT2D eigenvalue weighted by Crippen LogP contribution is 2.32. The highest BCUT2D eigenvalue weighted by atomic mass is 32.1. The Bertz CT molecular complexity index is 932. The number of carbonyl (C=O) groups excluding carboxylic acids is 1. The van der Waals surface area contributed by atoms with Gasteiger partial charge in [0.15, 0.2) is 16.6 Å². The fourth-order valence-electron chi connectivity index (χ4n) is 3.13. The third kappa shape index (κ3) is 3.22. The third-order valence-electron chi connectivity index (χ3n) is 4.54. The van der Waals surface area contributed by atoms with E-state index in [2.05, 4.69) is 22.3 Å². The minimum absolute atomic E-state index is 0.248. The number of nitrogens with one attached hydrogen (secondary N) is 1. The number of para-hydroxylation sites is 1. The van der Waals surface area contributed by atoms with Crippen molar-refractivity contribution in [1.82, 2.24) is 14.8 Å². The van der Waals surface area contributed by atoms with E-state index in [4.69, 9.17) is 4.74 Å². The summed E-state index contributed by atoms with van der Waals surface area (Å²) in [5.74, 6) is 0.796. The van der Waals surface area contributed by atoms with Crippen LogP contribution in [0.5, 0.6) is 5.75 Å². The van der Waals surface area contributed by atoms with E-state index in [9.17, 15) is 4.79 Å². The number of carbonyl (C=O) groups is 1. The van der Waals surface area contributed by atoms with Gasteiger partial charge in [-0.15, -0.1) is 11.3 Å². The van der Waals surface area contributed by atoms with Gasteiger partial charge < -0.3 is 4.74 Å². The lowest BCUT2D eigenvalue weighted by Crippen LogP contribution is -2.14. The zero-order valence-electron chi connectivity index (χ0n) is 14.7. The molecule has 0 spiro atoms. The molecular formula is C19H20N4O2S. The van der Waals surface area contributed by atoms with Gasteiger partial charge in [0.1, 0.15) is 0 Å². The average Bonchev–Trinajstić information content (AvgIpc) is 3.25.